The predicted molar refractivity (Wildman–Crippen MR) is 93.2 cm³/mol. The van der Waals surface area contributed by atoms with Crippen molar-refractivity contribution in [3.63, 3.8) is 0 Å². The maximum atomic E-state index is 12.8. The number of aromatic nitrogens is 1. The first kappa shape index (κ1) is 18.2. The van der Waals surface area contributed by atoms with Crippen molar-refractivity contribution < 1.29 is 18.8 Å². The molecule has 2 fully saturated rings. The third-order valence-corrected chi connectivity index (χ3v) is 4.96. The van der Waals surface area contributed by atoms with Gasteiger partial charge < -0.3 is 19.1 Å². The number of hydrogen-bond donors (Lipinski definition) is 0. The van der Waals surface area contributed by atoms with Crippen LogP contribution in [0.2, 0.25) is 0 Å². The highest BCUT2D eigenvalue weighted by Crippen LogP contribution is 2.21. The fraction of sp³-hybridized carbons (Fsp3) is 0.556. The first-order valence-electron chi connectivity index (χ1n) is 8.88. The van der Waals surface area contributed by atoms with E-state index in [0.717, 1.165) is 0 Å². The average Bonchev–Trinajstić information content (AvgIpc) is 3.11. The van der Waals surface area contributed by atoms with Crippen LogP contribution in [0.15, 0.2) is 23.5 Å². The molecule has 0 spiro atoms. The van der Waals surface area contributed by atoms with Crippen LogP contribution in [0.25, 0.3) is 0 Å². The van der Waals surface area contributed by atoms with E-state index in [1.807, 2.05) is 0 Å². The molecule has 1 aromatic heterocycles. The van der Waals surface area contributed by atoms with E-state index in [1.54, 1.807) is 27.7 Å². The summed E-state index contributed by atoms with van der Waals surface area (Å²) in [4.78, 5) is 46.5. The molecule has 2 aliphatic rings. The molecule has 8 heteroatoms. The Bertz CT molecular complexity index is 714. The summed E-state index contributed by atoms with van der Waals surface area (Å²) in [7, 11) is 0. The number of carbonyl (C=O) groups is 3. The van der Waals surface area contributed by atoms with Gasteiger partial charge in [-0.3, -0.25) is 14.4 Å². The van der Waals surface area contributed by atoms with Gasteiger partial charge >= 0.3 is 0 Å². The van der Waals surface area contributed by atoms with Crippen molar-refractivity contribution in [3.8, 4) is 0 Å². The molecule has 140 valence electrons. The van der Waals surface area contributed by atoms with Gasteiger partial charge in [0, 0.05) is 45.7 Å². The Hall–Kier alpha value is -2.64. The largest absolute Gasteiger partial charge is 0.448 e. The third-order valence-electron chi connectivity index (χ3n) is 4.96. The van der Waals surface area contributed by atoms with Crippen LogP contribution in [0.3, 0.4) is 0 Å². The molecule has 0 aromatic carbocycles. The molecule has 1 atom stereocenters. The number of oxazole rings is 1. The van der Waals surface area contributed by atoms with Crippen LogP contribution >= 0.6 is 0 Å². The van der Waals surface area contributed by atoms with E-state index < -0.39 is 0 Å². The number of nitrogens with zero attached hydrogens (tertiary/aromatic N) is 4. The van der Waals surface area contributed by atoms with E-state index in [4.69, 9.17) is 4.42 Å². The van der Waals surface area contributed by atoms with Gasteiger partial charge in [0.25, 0.3) is 5.91 Å². The molecule has 2 aliphatic heterocycles. The third kappa shape index (κ3) is 3.63. The fourth-order valence-corrected chi connectivity index (χ4v) is 3.53. The fourth-order valence-electron chi connectivity index (χ4n) is 3.53. The second-order valence-electron chi connectivity index (χ2n) is 6.72. The van der Waals surface area contributed by atoms with E-state index in [-0.39, 0.29) is 30.1 Å². The maximum absolute atomic E-state index is 12.8. The number of amides is 3. The molecule has 0 saturated carbocycles. The quantitative estimate of drug-likeness (QED) is 0.738. The molecule has 3 rings (SSSR count). The van der Waals surface area contributed by atoms with E-state index in [1.165, 1.54) is 6.39 Å². The summed E-state index contributed by atoms with van der Waals surface area (Å²) in [6.45, 7) is 8.35. The van der Waals surface area contributed by atoms with E-state index in [9.17, 15) is 14.4 Å². The second-order valence-corrected chi connectivity index (χ2v) is 6.72. The van der Waals surface area contributed by atoms with Crippen molar-refractivity contribution in [1.29, 1.82) is 0 Å². The van der Waals surface area contributed by atoms with Crippen LogP contribution in [0.4, 0.5) is 0 Å². The highest BCUT2D eigenvalue weighted by atomic mass is 16.3. The van der Waals surface area contributed by atoms with Gasteiger partial charge in [-0.1, -0.05) is 6.08 Å². The SMILES string of the molecule is C=CCN1CC(C(=O)N2CCCN(C(=O)c3ncoc3C)CC2)CC1=O. The lowest BCUT2D eigenvalue weighted by atomic mass is 10.1. The molecule has 2 saturated heterocycles. The zero-order valence-electron chi connectivity index (χ0n) is 15.0. The first-order chi connectivity index (χ1) is 12.5. The predicted octanol–water partition coefficient (Wildman–Crippen LogP) is 0.692. The number of hydrogen-bond acceptors (Lipinski definition) is 5. The number of aryl methyl sites for hydroxylation is 1. The Labute approximate surface area is 152 Å². The van der Waals surface area contributed by atoms with Gasteiger partial charge in [0.05, 0.1) is 5.92 Å². The molecular formula is C18H24N4O4. The van der Waals surface area contributed by atoms with Crippen LogP contribution in [0.1, 0.15) is 29.1 Å². The average molecular weight is 360 g/mol. The van der Waals surface area contributed by atoms with E-state index in [2.05, 4.69) is 11.6 Å². The van der Waals surface area contributed by atoms with Crippen molar-refractivity contribution in [2.75, 3.05) is 39.3 Å². The summed E-state index contributed by atoms with van der Waals surface area (Å²) < 4.78 is 5.11. The van der Waals surface area contributed by atoms with Gasteiger partial charge in [0.1, 0.15) is 5.76 Å². The maximum Gasteiger partial charge on any atom is 0.276 e. The molecule has 3 heterocycles. The molecule has 0 radical (unpaired) electrons. The monoisotopic (exact) mass is 360 g/mol. The summed E-state index contributed by atoms with van der Waals surface area (Å²) in [5.74, 6) is 0.0217. The second kappa shape index (κ2) is 7.72. The van der Waals surface area contributed by atoms with E-state index in [0.29, 0.717) is 57.1 Å². The molecule has 0 N–H and O–H groups in total. The van der Waals surface area contributed by atoms with Gasteiger partial charge in [-0.2, -0.15) is 0 Å². The molecule has 8 nitrogen and oxygen atoms in total. The minimum atomic E-state index is -0.303. The van der Waals surface area contributed by atoms with Crippen molar-refractivity contribution in [2.45, 2.75) is 19.8 Å². The summed E-state index contributed by atoms with van der Waals surface area (Å²) in [6.07, 6.45) is 3.89. The number of likely N-dealkylation sites (tertiary alicyclic amines) is 1. The Kier molecular flexibility index (Phi) is 5.39. The van der Waals surface area contributed by atoms with Gasteiger partial charge in [-0.15, -0.1) is 6.58 Å². The highest BCUT2D eigenvalue weighted by Gasteiger charge is 2.36. The van der Waals surface area contributed by atoms with E-state index >= 15 is 0 Å². The summed E-state index contributed by atoms with van der Waals surface area (Å²) in [6, 6.07) is 0. The van der Waals surface area contributed by atoms with Crippen molar-refractivity contribution >= 4 is 17.7 Å². The van der Waals surface area contributed by atoms with Crippen LogP contribution in [0.5, 0.6) is 0 Å². The Morgan fingerprint density at radius 1 is 1.31 bits per heavy atom. The highest BCUT2D eigenvalue weighted by molar-refractivity contribution is 5.93. The summed E-state index contributed by atoms with van der Waals surface area (Å²) in [5, 5.41) is 0. The Morgan fingerprint density at radius 2 is 2.04 bits per heavy atom. The van der Waals surface area contributed by atoms with Crippen LogP contribution in [-0.2, 0) is 9.59 Å². The molecule has 0 bridgehead atoms. The molecule has 26 heavy (non-hydrogen) atoms. The molecule has 1 unspecified atom stereocenters. The van der Waals surface area contributed by atoms with Crippen LogP contribution < -0.4 is 0 Å². The molecule has 1 aromatic rings. The summed E-state index contributed by atoms with van der Waals surface area (Å²) >= 11 is 0. The van der Waals surface area contributed by atoms with Crippen LogP contribution in [0, 0.1) is 12.8 Å². The van der Waals surface area contributed by atoms with Crippen molar-refractivity contribution in [3.05, 3.63) is 30.5 Å². The van der Waals surface area contributed by atoms with Crippen molar-refractivity contribution in [2.24, 2.45) is 5.92 Å². The minimum Gasteiger partial charge on any atom is -0.448 e. The smallest absolute Gasteiger partial charge is 0.276 e. The number of rotatable bonds is 4. The van der Waals surface area contributed by atoms with Crippen molar-refractivity contribution in [1.82, 2.24) is 19.7 Å². The van der Waals surface area contributed by atoms with Crippen LogP contribution in [-0.4, -0.2) is 76.7 Å². The topological polar surface area (TPSA) is 87.0 Å². The lowest BCUT2D eigenvalue weighted by Gasteiger charge is -2.24. The minimum absolute atomic E-state index is 0.00294. The first-order valence-corrected chi connectivity index (χ1v) is 8.88. The van der Waals surface area contributed by atoms with Gasteiger partial charge in [-0.05, 0) is 13.3 Å². The zero-order chi connectivity index (χ0) is 18.7. The van der Waals surface area contributed by atoms with Gasteiger partial charge in [-0.25, -0.2) is 4.98 Å². The molecular weight excluding hydrogens is 336 g/mol. The standard InChI is InChI=1S/C18H24N4O4/c1-3-5-22-11-14(10-15(22)23)17(24)20-6-4-7-21(9-8-20)18(25)16-13(2)26-12-19-16/h3,12,14H,1,4-11H2,2H3. The lowest BCUT2D eigenvalue weighted by Crippen LogP contribution is -2.40. The summed E-state index contributed by atoms with van der Waals surface area (Å²) in [5.41, 5.74) is 0.325. The van der Waals surface area contributed by atoms with Gasteiger partial charge in [0.15, 0.2) is 12.1 Å². The Balaban J connectivity index is 1.59. The lowest BCUT2D eigenvalue weighted by molar-refractivity contribution is -0.135. The molecule has 3 amide bonds. The van der Waals surface area contributed by atoms with Gasteiger partial charge in [0.2, 0.25) is 11.8 Å². The molecule has 0 aliphatic carbocycles. The Morgan fingerprint density at radius 3 is 2.73 bits per heavy atom. The number of carbonyl (C=O) groups excluding carboxylic acids is 3. The zero-order valence-corrected chi connectivity index (χ0v) is 15.0. The normalized spacial score (nSPS) is 21.0.